The zero-order chi connectivity index (χ0) is 13.5. The fourth-order valence-electron chi connectivity index (χ4n) is 1.50. The zero-order valence-corrected chi connectivity index (χ0v) is 11.5. The summed E-state index contributed by atoms with van der Waals surface area (Å²) in [5.41, 5.74) is 0.803. The number of methoxy groups -OCH3 is 1. The summed E-state index contributed by atoms with van der Waals surface area (Å²) in [5, 5.41) is 9.49. The molecule has 1 aromatic rings. The third-order valence-corrected chi connectivity index (χ3v) is 2.46. The van der Waals surface area contributed by atoms with E-state index in [4.69, 9.17) is 14.2 Å². The summed E-state index contributed by atoms with van der Waals surface area (Å²) in [6, 6.07) is 5.41. The molecule has 4 heteroatoms. The lowest BCUT2D eigenvalue weighted by Crippen LogP contribution is -2.11. The third kappa shape index (κ3) is 4.55. The van der Waals surface area contributed by atoms with E-state index in [-0.39, 0.29) is 6.10 Å². The van der Waals surface area contributed by atoms with Crippen molar-refractivity contribution in [3.8, 4) is 11.5 Å². The molecule has 1 atom stereocenters. The topological polar surface area (TPSA) is 47.9 Å². The molecule has 0 radical (unpaired) electrons. The van der Waals surface area contributed by atoms with Gasteiger partial charge in [0.05, 0.1) is 25.9 Å². The Bertz CT molecular complexity index is 361. The molecule has 18 heavy (non-hydrogen) atoms. The van der Waals surface area contributed by atoms with Crippen LogP contribution in [0.2, 0.25) is 0 Å². The van der Waals surface area contributed by atoms with Crippen LogP contribution in [0.4, 0.5) is 0 Å². The summed E-state index contributed by atoms with van der Waals surface area (Å²) in [5.74, 6) is 1.28. The zero-order valence-electron chi connectivity index (χ0n) is 11.5. The first-order valence-corrected chi connectivity index (χ1v) is 6.15. The molecule has 0 unspecified atom stereocenters. The minimum Gasteiger partial charge on any atom is -0.493 e. The van der Waals surface area contributed by atoms with Crippen molar-refractivity contribution in [2.75, 3.05) is 20.3 Å². The fourth-order valence-corrected chi connectivity index (χ4v) is 1.50. The molecule has 0 heterocycles. The average Bonchev–Trinajstić information content (AvgIpc) is 2.34. The first-order chi connectivity index (χ1) is 8.54. The Balaban J connectivity index is 2.59. The molecular weight excluding hydrogens is 232 g/mol. The van der Waals surface area contributed by atoms with Gasteiger partial charge in [-0.15, -0.1) is 0 Å². The summed E-state index contributed by atoms with van der Waals surface area (Å²) >= 11 is 0. The Morgan fingerprint density at radius 3 is 2.39 bits per heavy atom. The van der Waals surface area contributed by atoms with Crippen LogP contribution in [0.5, 0.6) is 11.5 Å². The Kier molecular flexibility index (Phi) is 5.95. The van der Waals surface area contributed by atoms with Crippen LogP contribution >= 0.6 is 0 Å². The molecule has 0 aromatic heterocycles. The molecule has 0 spiro atoms. The molecule has 0 fully saturated rings. The van der Waals surface area contributed by atoms with E-state index >= 15 is 0 Å². The van der Waals surface area contributed by atoms with E-state index in [1.165, 1.54) is 0 Å². The second kappa shape index (κ2) is 7.24. The van der Waals surface area contributed by atoms with Gasteiger partial charge in [-0.1, -0.05) is 6.07 Å². The third-order valence-electron chi connectivity index (χ3n) is 2.46. The van der Waals surface area contributed by atoms with E-state index in [2.05, 4.69) is 0 Å². The number of rotatable bonds is 7. The second-order valence-electron chi connectivity index (χ2n) is 4.35. The van der Waals surface area contributed by atoms with Crippen molar-refractivity contribution in [1.82, 2.24) is 0 Å². The smallest absolute Gasteiger partial charge is 0.161 e. The van der Waals surface area contributed by atoms with Gasteiger partial charge < -0.3 is 19.3 Å². The molecule has 4 nitrogen and oxygen atoms in total. The van der Waals surface area contributed by atoms with Crippen molar-refractivity contribution >= 4 is 0 Å². The van der Waals surface area contributed by atoms with Crippen LogP contribution < -0.4 is 9.47 Å². The van der Waals surface area contributed by atoms with Crippen molar-refractivity contribution in [3.63, 3.8) is 0 Å². The van der Waals surface area contributed by atoms with Crippen LogP contribution in [0.3, 0.4) is 0 Å². The van der Waals surface area contributed by atoms with Gasteiger partial charge in [0.15, 0.2) is 11.5 Å². The maximum Gasteiger partial charge on any atom is 0.161 e. The average molecular weight is 254 g/mol. The SMILES string of the molecule is COc1cc([C@H](C)O)ccc1OCCOC(C)C. The number of aliphatic hydroxyl groups excluding tert-OH is 1. The van der Waals surface area contributed by atoms with Crippen LogP contribution in [0.1, 0.15) is 32.4 Å². The molecule has 0 aliphatic carbocycles. The summed E-state index contributed by atoms with van der Waals surface area (Å²) in [7, 11) is 1.58. The molecule has 0 saturated heterocycles. The fraction of sp³-hybridized carbons (Fsp3) is 0.571. The molecule has 102 valence electrons. The van der Waals surface area contributed by atoms with Gasteiger partial charge in [0.2, 0.25) is 0 Å². The molecule has 1 aromatic carbocycles. The van der Waals surface area contributed by atoms with Crippen LogP contribution in [0, 0.1) is 0 Å². The molecule has 0 aliphatic heterocycles. The predicted molar refractivity (Wildman–Crippen MR) is 70.2 cm³/mol. The highest BCUT2D eigenvalue weighted by molar-refractivity contribution is 5.43. The summed E-state index contributed by atoms with van der Waals surface area (Å²) in [4.78, 5) is 0. The Labute approximate surface area is 108 Å². The highest BCUT2D eigenvalue weighted by Crippen LogP contribution is 2.30. The van der Waals surface area contributed by atoms with Gasteiger partial charge in [-0.05, 0) is 38.5 Å². The normalized spacial score (nSPS) is 12.6. The van der Waals surface area contributed by atoms with E-state index in [9.17, 15) is 5.11 Å². The molecular formula is C14H22O4. The van der Waals surface area contributed by atoms with Gasteiger partial charge in [-0.25, -0.2) is 0 Å². The quantitative estimate of drug-likeness (QED) is 0.760. The van der Waals surface area contributed by atoms with Crippen LogP contribution in [0.25, 0.3) is 0 Å². The second-order valence-corrected chi connectivity index (χ2v) is 4.35. The Morgan fingerprint density at radius 2 is 1.83 bits per heavy atom. The minimum absolute atomic E-state index is 0.202. The summed E-state index contributed by atoms with van der Waals surface area (Å²) in [6.07, 6.45) is -0.315. The standard InChI is InChI=1S/C14H22O4/c1-10(2)17-7-8-18-13-6-5-12(11(3)15)9-14(13)16-4/h5-6,9-11,15H,7-8H2,1-4H3/t11-/m0/s1. The van der Waals surface area contributed by atoms with Crippen molar-refractivity contribution in [2.24, 2.45) is 0 Å². The van der Waals surface area contributed by atoms with E-state index in [0.717, 1.165) is 5.56 Å². The van der Waals surface area contributed by atoms with E-state index in [1.54, 1.807) is 26.2 Å². The summed E-state index contributed by atoms with van der Waals surface area (Å²) in [6.45, 7) is 6.70. The highest BCUT2D eigenvalue weighted by atomic mass is 16.5. The number of ether oxygens (including phenoxy) is 3. The van der Waals surface area contributed by atoms with Gasteiger partial charge in [0, 0.05) is 0 Å². The van der Waals surface area contributed by atoms with Crippen LogP contribution in [0.15, 0.2) is 18.2 Å². The summed E-state index contributed by atoms with van der Waals surface area (Å²) < 4.78 is 16.2. The van der Waals surface area contributed by atoms with Crippen molar-refractivity contribution in [3.05, 3.63) is 23.8 Å². The first-order valence-electron chi connectivity index (χ1n) is 6.15. The lowest BCUT2D eigenvalue weighted by atomic mass is 10.1. The van der Waals surface area contributed by atoms with Crippen molar-refractivity contribution < 1.29 is 19.3 Å². The predicted octanol–water partition coefficient (Wildman–Crippen LogP) is 2.55. The number of benzene rings is 1. The molecule has 1 N–H and O–H groups in total. The number of aliphatic hydroxyl groups is 1. The molecule has 0 amide bonds. The van der Waals surface area contributed by atoms with Gasteiger partial charge in [-0.3, -0.25) is 0 Å². The first kappa shape index (κ1) is 14.8. The van der Waals surface area contributed by atoms with Crippen LogP contribution in [-0.4, -0.2) is 31.5 Å². The van der Waals surface area contributed by atoms with Crippen LogP contribution in [-0.2, 0) is 4.74 Å². The number of hydrogen-bond acceptors (Lipinski definition) is 4. The van der Waals surface area contributed by atoms with Gasteiger partial charge >= 0.3 is 0 Å². The van der Waals surface area contributed by atoms with Gasteiger partial charge in [0.25, 0.3) is 0 Å². The van der Waals surface area contributed by atoms with E-state index in [0.29, 0.717) is 24.7 Å². The van der Waals surface area contributed by atoms with Gasteiger partial charge in [0.1, 0.15) is 6.61 Å². The maximum absolute atomic E-state index is 9.49. The highest BCUT2D eigenvalue weighted by Gasteiger charge is 2.08. The maximum atomic E-state index is 9.49. The largest absolute Gasteiger partial charge is 0.493 e. The monoisotopic (exact) mass is 254 g/mol. The minimum atomic E-state index is -0.516. The lowest BCUT2D eigenvalue weighted by Gasteiger charge is -2.14. The Morgan fingerprint density at radius 1 is 1.11 bits per heavy atom. The molecule has 0 aliphatic rings. The van der Waals surface area contributed by atoms with Crippen molar-refractivity contribution in [1.29, 1.82) is 0 Å². The number of hydrogen-bond donors (Lipinski definition) is 1. The van der Waals surface area contributed by atoms with E-state index in [1.807, 2.05) is 19.9 Å². The van der Waals surface area contributed by atoms with Crippen molar-refractivity contribution in [2.45, 2.75) is 33.0 Å². The molecule has 0 bridgehead atoms. The van der Waals surface area contributed by atoms with E-state index < -0.39 is 6.10 Å². The molecule has 1 rings (SSSR count). The Hall–Kier alpha value is -1.26. The lowest BCUT2D eigenvalue weighted by molar-refractivity contribution is 0.0546. The molecule has 0 saturated carbocycles. The van der Waals surface area contributed by atoms with Gasteiger partial charge in [-0.2, -0.15) is 0 Å².